The zero-order valence-electron chi connectivity index (χ0n) is 17.9. The summed E-state index contributed by atoms with van der Waals surface area (Å²) in [6.45, 7) is 8.54. The standard InChI is InChI=1S/C25H35ClO2/c1-5-9-17-13-18(10-6-2)25(28)22(14-17)21-15-19(11-7-3)24(27)20(12-8-4)23(21)16-26/h13-15,27-28H,5-12,16H2,1-4H3. The first kappa shape index (κ1) is 22.6. The van der Waals surface area contributed by atoms with Crippen molar-refractivity contribution in [1.29, 1.82) is 0 Å². The van der Waals surface area contributed by atoms with Crippen LogP contribution in [0.25, 0.3) is 11.1 Å². The first-order chi connectivity index (χ1) is 13.5. The van der Waals surface area contributed by atoms with E-state index in [1.165, 1.54) is 5.56 Å². The minimum atomic E-state index is 0.325. The number of aryl methyl sites for hydroxylation is 3. The van der Waals surface area contributed by atoms with E-state index >= 15 is 0 Å². The summed E-state index contributed by atoms with van der Waals surface area (Å²) < 4.78 is 0. The van der Waals surface area contributed by atoms with Crippen molar-refractivity contribution in [2.75, 3.05) is 0 Å². The predicted molar refractivity (Wildman–Crippen MR) is 121 cm³/mol. The molecule has 3 heteroatoms. The van der Waals surface area contributed by atoms with Gasteiger partial charge in [-0.2, -0.15) is 0 Å². The first-order valence-corrected chi connectivity index (χ1v) is 11.3. The van der Waals surface area contributed by atoms with Crippen LogP contribution in [0, 0.1) is 0 Å². The molecule has 0 fully saturated rings. The molecule has 0 amide bonds. The fourth-order valence-corrected chi connectivity index (χ4v) is 4.37. The van der Waals surface area contributed by atoms with Gasteiger partial charge in [-0.3, -0.25) is 0 Å². The van der Waals surface area contributed by atoms with Crippen LogP contribution in [0.5, 0.6) is 11.5 Å². The number of halogens is 1. The molecule has 2 rings (SSSR count). The van der Waals surface area contributed by atoms with Gasteiger partial charge < -0.3 is 10.2 Å². The number of aromatic hydroxyl groups is 2. The van der Waals surface area contributed by atoms with E-state index < -0.39 is 0 Å². The Morgan fingerprint density at radius 1 is 0.643 bits per heavy atom. The molecule has 0 bridgehead atoms. The van der Waals surface area contributed by atoms with Crippen LogP contribution in [0.2, 0.25) is 0 Å². The molecule has 2 aromatic rings. The molecule has 0 aliphatic carbocycles. The average Bonchev–Trinajstić information content (AvgIpc) is 2.68. The number of phenols is 2. The second kappa shape index (κ2) is 10.8. The summed E-state index contributed by atoms with van der Waals surface area (Å²) in [5, 5.41) is 22.0. The Morgan fingerprint density at radius 3 is 1.75 bits per heavy atom. The van der Waals surface area contributed by atoms with Gasteiger partial charge in [-0.15, -0.1) is 11.6 Å². The van der Waals surface area contributed by atoms with Gasteiger partial charge in [0, 0.05) is 11.4 Å². The van der Waals surface area contributed by atoms with Crippen molar-refractivity contribution in [2.24, 2.45) is 0 Å². The Hall–Kier alpha value is -1.67. The molecular formula is C25H35ClO2. The Bertz CT molecular complexity index is 796. The topological polar surface area (TPSA) is 40.5 Å². The minimum absolute atomic E-state index is 0.325. The number of rotatable bonds is 10. The van der Waals surface area contributed by atoms with Gasteiger partial charge in [0.15, 0.2) is 0 Å². The molecule has 2 nitrogen and oxygen atoms in total. The molecule has 2 N–H and O–H groups in total. The number of benzene rings is 2. The van der Waals surface area contributed by atoms with E-state index in [4.69, 9.17) is 11.6 Å². The lowest BCUT2D eigenvalue weighted by molar-refractivity contribution is 0.458. The summed E-state index contributed by atoms with van der Waals surface area (Å²) in [6.07, 6.45) is 7.40. The normalized spacial score (nSPS) is 11.2. The molecule has 0 spiro atoms. The molecule has 0 radical (unpaired) electrons. The summed E-state index contributed by atoms with van der Waals surface area (Å²) in [4.78, 5) is 0. The number of alkyl halides is 1. The van der Waals surface area contributed by atoms with Crippen LogP contribution in [0.3, 0.4) is 0 Å². The minimum Gasteiger partial charge on any atom is -0.507 e. The van der Waals surface area contributed by atoms with Gasteiger partial charge in [0.2, 0.25) is 0 Å². The molecular weight excluding hydrogens is 368 g/mol. The summed E-state index contributed by atoms with van der Waals surface area (Å²) >= 11 is 6.39. The molecule has 0 aliphatic rings. The van der Waals surface area contributed by atoms with E-state index in [2.05, 4.69) is 45.9 Å². The molecule has 0 heterocycles. The Balaban J connectivity index is 2.81. The third-order valence-electron chi connectivity index (χ3n) is 5.35. The second-order valence-electron chi connectivity index (χ2n) is 7.67. The van der Waals surface area contributed by atoms with Crippen molar-refractivity contribution < 1.29 is 10.2 Å². The molecule has 0 aliphatic heterocycles. The molecule has 0 atom stereocenters. The molecule has 0 aromatic heterocycles. The van der Waals surface area contributed by atoms with Crippen LogP contribution in [0.1, 0.15) is 81.2 Å². The maximum absolute atomic E-state index is 11.1. The monoisotopic (exact) mass is 402 g/mol. The third kappa shape index (κ3) is 4.84. The molecule has 0 saturated carbocycles. The van der Waals surface area contributed by atoms with Gasteiger partial charge >= 0.3 is 0 Å². The van der Waals surface area contributed by atoms with Gasteiger partial charge in [-0.25, -0.2) is 0 Å². The van der Waals surface area contributed by atoms with E-state index in [-0.39, 0.29) is 0 Å². The van der Waals surface area contributed by atoms with E-state index in [1.807, 2.05) is 0 Å². The van der Waals surface area contributed by atoms with Crippen LogP contribution in [-0.2, 0) is 31.6 Å². The van der Waals surface area contributed by atoms with Crippen LogP contribution in [0.4, 0.5) is 0 Å². The molecule has 154 valence electrons. The highest BCUT2D eigenvalue weighted by Gasteiger charge is 2.21. The molecule has 0 saturated heterocycles. The molecule has 28 heavy (non-hydrogen) atoms. The quantitative estimate of drug-likeness (QED) is 0.409. The first-order valence-electron chi connectivity index (χ1n) is 10.8. The number of hydrogen-bond donors (Lipinski definition) is 2. The lowest BCUT2D eigenvalue weighted by atomic mass is 9.87. The highest BCUT2D eigenvalue weighted by molar-refractivity contribution is 6.17. The maximum atomic E-state index is 11.1. The van der Waals surface area contributed by atoms with Crippen molar-refractivity contribution in [3.05, 3.63) is 46.0 Å². The van der Waals surface area contributed by atoms with Crippen molar-refractivity contribution in [3.8, 4) is 22.6 Å². The largest absolute Gasteiger partial charge is 0.507 e. The fourth-order valence-electron chi connectivity index (χ4n) is 4.06. The number of hydrogen-bond acceptors (Lipinski definition) is 2. The highest BCUT2D eigenvalue weighted by atomic mass is 35.5. The molecule has 0 unspecified atom stereocenters. The smallest absolute Gasteiger partial charge is 0.126 e. The zero-order valence-corrected chi connectivity index (χ0v) is 18.6. The highest BCUT2D eigenvalue weighted by Crippen LogP contribution is 2.42. The molecule has 2 aromatic carbocycles. The van der Waals surface area contributed by atoms with Crippen LogP contribution in [0.15, 0.2) is 18.2 Å². The average molecular weight is 403 g/mol. The van der Waals surface area contributed by atoms with Gasteiger partial charge in [-0.1, -0.05) is 59.4 Å². The van der Waals surface area contributed by atoms with Crippen LogP contribution >= 0.6 is 11.6 Å². The summed E-state index contributed by atoms with van der Waals surface area (Å²) in [5.74, 6) is 1.08. The summed E-state index contributed by atoms with van der Waals surface area (Å²) in [7, 11) is 0. The third-order valence-corrected chi connectivity index (χ3v) is 5.62. The lowest BCUT2D eigenvalue weighted by Gasteiger charge is -2.20. The number of phenolic OH excluding ortho intramolecular Hbond substituents is 2. The van der Waals surface area contributed by atoms with Gasteiger partial charge in [0.1, 0.15) is 11.5 Å². The van der Waals surface area contributed by atoms with E-state index in [0.717, 1.165) is 84.7 Å². The second-order valence-corrected chi connectivity index (χ2v) is 7.94. The van der Waals surface area contributed by atoms with Crippen molar-refractivity contribution >= 4 is 11.6 Å². The summed E-state index contributed by atoms with van der Waals surface area (Å²) in [6, 6.07) is 6.31. The Kier molecular flexibility index (Phi) is 8.69. The van der Waals surface area contributed by atoms with E-state index in [9.17, 15) is 10.2 Å². The zero-order chi connectivity index (χ0) is 20.7. The van der Waals surface area contributed by atoms with Crippen molar-refractivity contribution in [1.82, 2.24) is 0 Å². The maximum Gasteiger partial charge on any atom is 0.126 e. The Morgan fingerprint density at radius 2 is 1.21 bits per heavy atom. The van der Waals surface area contributed by atoms with Crippen LogP contribution < -0.4 is 0 Å². The predicted octanol–water partition coefficient (Wildman–Crippen LogP) is 7.31. The lowest BCUT2D eigenvalue weighted by Crippen LogP contribution is -2.02. The van der Waals surface area contributed by atoms with E-state index in [1.54, 1.807) is 0 Å². The van der Waals surface area contributed by atoms with Gasteiger partial charge in [0.25, 0.3) is 0 Å². The van der Waals surface area contributed by atoms with Gasteiger partial charge in [-0.05, 0) is 71.2 Å². The van der Waals surface area contributed by atoms with Crippen molar-refractivity contribution in [3.63, 3.8) is 0 Å². The Labute approximate surface area is 175 Å². The van der Waals surface area contributed by atoms with Crippen molar-refractivity contribution in [2.45, 2.75) is 84.9 Å². The van der Waals surface area contributed by atoms with E-state index in [0.29, 0.717) is 17.4 Å². The fraction of sp³-hybridized carbons (Fsp3) is 0.520. The van der Waals surface area contributed by atoms with Crippen LogP contribution in [-0.4, -0.2) is 10.2 Å². The summed E-state index contributed by atoms with van der Waals surface area (Å²) in [5.41, 5.74) is 6.94. The van der Waals surface area contributed by atoms with Gasteiger partial charge in [0.05, 0.1) is 0 Å². The SMILES string of the molecule is CCCc1cc(CCC)c(O)c(-c2cc(CCC)c(O)c(CCC)c2CCl)c1.